The van der Waals surface area contributed by atoms with Crippen LogP contribution < -0.4 is 11.3 Å². The third-order valence-corrected chi connectivity index (χ3v) is 3.92. The van der Waals surface area contributed by atoms with Crippen LogP contribution in [0.5, 0.6) is 0 Å². The summed E-state index contributed by atoms with van der Waals surface area (Å²) in [7, 11) is 0. The minimum absolute atomic E-state index is 0.0292. The number of aromatic nitrogens is 3. The Balaban J connectivity index is 2.29. The van der Waals surface area contributed by atoms with Crippen LogP contribution >= 0.6 is 22.9 Å². The van der Waals surface area contributed by atoms with E-state index in [-0.39, 0.29) is 16.4 Å². The van der Waals surface area contributed by atoms with Gasteiger partial charge in [-0.3, -0.25) is 9.36 Å². The number of thiazole rings is 1. The zero-order valence-electron chi connectivity index (χ0n) is 10.1. The first-order valence-electron chi connectivity index (χ1n) is 5.43. The zero-order chi connectivity index (χ0) is 13.3. The number of nitrogens with two attached hydrogens (primary N) is 1. The molecule has 96 valence electrons. The summed E-state index contributed by atoms with van der Waals surface area (Å²) < 4.78 is 1.40. The third kappa shape index (κ3) is 2.54. The van der Waals surface area contributed by atoms with E-state index in [1.807, 2.05) is 5.38 Å². The normalized spacial score (nSPS) is 11.1. The van der Waals surface area contributed by atoms with Crippen molar-refractivity contribution < 1.29 is 0 Å². The lowest BCUT2D eigenvalue weighted by Crippen LogP contribution is -2.24. The van der Waals surface area contributed by atoms with Gasteiger partial charge in [0.25, 0.3) is 5.56 Å². The summed E-state index contributed by atoms with van der Waals surface area (Å²) in [5.74, 6) is 0.383. The molecule has 0 aliphatic heterocycles. The number of hydrogen-bond donors (Lipinski definition) is 1. The van der Waals surface area contributed by atoms with Crippen molar-refractivity contribution in [1.82, 2.24) is 14.5 Å². The van der Waals surface area contributed by atoms with Crippen LogP contribution in [-0.2, 0) is 6.54 Å². The van der Waals surface area contributed by atoms with E-state index in [2.05, 4.69) is 23.8 Å². The lowest BCUT2D eigenvalue weighted by molar-refractivity contribution is 0.718. The molecule has 2 N–H and O–H groups in total. The lowest BCUT2D eigenvalue weighted by Gasteiger charge is -2.04. The van der Waals surface area contributed by atoms with Gasteiger partial charge in [-0.1, -0.05) is 25.4 Å². The Morgan fingerprint density at radius 3 is 2.89 bits per heavy atom. The Morgan fingerprint density at radius 2 is 2.28 bits per heavy atom. The van der Waals surface area contributed by atoms with Crippen LogP contribution in [0.2, 0.25) is 5.15 Å². The summed E-state index contributed by atoms with van der Waals surface area (Å²) in [5, 5.41) is 3.03. The summed E-state index contributed by atoms with van der Waals surface area (Å²) in [6, 6.07) is 0. The maximum atomic E-state index is 11.8. The van der Waals surface area contributed by atoms with Crippen LogP contribution in [0.25, 0.3) is 0 Å². The first kappa shape index (κ1) is 13.0. The van der Waals surface area contributed by atoms with Gasteiger partial charge in [-0.15, -0.1) is 11.3 Å². The van der Waals surface area contributed by atoms with E-state index < -0.39 is 0 Å². The Labute approximate surface area is 113 Å². The highest BCUT2D eigenvalue weighted by molar-refractivity contribution is 7.09. The van der Waals surface area contributed by atoms with Crippen LogP contribution in [0.15, 0.2) is 16.5 Å². The standard InChI is InChI=1S/C11H13ClN4OS/c1-6(2)10-15-7(4-18-10)3-16-5-14-9(12)8(13)11(16)17/h4-6H,3,13H2,1-2H3. The molecule has 0 saturated carbocycles. The van der Waals surface area contributed by atoms with E-state index in [0.717, 1.165) is 10.7 Å². The monoisotopic (exact) mass is 284 g/mol. The van der Waals surface area contributed by atoms with Crippen LogP contribution in [0.1, 0.15) is 30.5 Å². The fraction of sp³-hybridized carbons (Fsp3) is 0.364. The Morgan fingerprint density at radius 1 is 1.56 bits per heavy atom. The van der Waals surface area contributed by atoms with E-state index in [1.165, 1.54) is 10.9 Å². The number of hydrogen-bond acceptors (Lipinski definition) is 5. The van der Waals surface area contributed by atoms with Gasteiger partial charge >= 0.3 is 0 Å². The molecule has 0 atom stereocenters. The van der Waals surface area contributed by atoms with E-state index in [4.69, 9.17) is 17.3 Å². The summed E-state index contributed by atoms with van der Waals surface area (Å²) in [6.07, 6.45) is 1.38. The molecule has 0 aliphatic rings. The van der Waals surface area contributed by atoms with Crippen molar-refractivity contribution in [2.24, 2.45) is 0 Å². The molecule has 0 spiro atoms. The van der Waals surface area contributed by atoms with Crippen molar-refractivity contribution in [3.05, 3.63) is 37.9 Å². The molecule has 2 rings (SSSR count). The molecule has 0 bridgehead atoms. The minimum atomic E-state index is -0.339. The molecule has 18 heavy (non-hydrogen) atoms. The van der Waals surface area contributed by atoms with Crippen LogP contribution in [-0.4, -0.2) is 14.5 Å². The molecular formula is C11H13ClN4OS. The number of nitrogens with zero attached hydrogens (tertiary/aromatic N) is 3. The molecule has 2 heterocycles. The molecule has 0 saturated heterocycles. The average molecular weight is 285 g/mol. The van der Waals surface area contributed by atoms with Gasteiger partial charge in [0.15, 0.2) is 5.15 Å². The van der Waals surface area contributed by atoms with Gasteiger partial charge in [0, 0.05) is 11.3 Å². The fourth-order valence-electron chi connectivity index (χ4n) is 1.43. The molecule has 0 aliphatic carbocycles. The van der Waals surface area contributed by atoms with Gasteiger partial charge in [-0.2, -0.15) is 0 Å². The van der Waals surface area contributed by atoms with E-state index in [0.29, 0.717) is 12.5 Å². The van der Waals surface area contributed by atoms with E-state index >= 15 is 0 Å². The molecule has 0 fully saturated rings. The predicted octanol–water partition coefficient (Wildman–Crippen LogP) is 2.11. The smallest absolute Gasteiger partial charge is 0.278 e. The molecule has 0 radical (unpaired) electrons. The quantitative estimate of drug-likeness (QED) is 0.876. The highest BCUT2D eigenvalue weighted by atomic mass is 35.5. The Hall–Kier alpha value is -1.40. The summed E-state index contributed by atoms with van der Waals surface area (Å²) >= 11 is 7.26. The number of anilines is 1. The predicted molar refractivity (Wildman–Crippen MR) is 73.2 cm³/mol. The second-order valence-electron chi connectivity index (χ2n) is 4.21. The van der Waals surface area contributed by atoms with Crippen molar-refractivity contribution in [3.8, 4) is 0 Å². The third-order valence-electron chi connectivity index (χ3n) is 2.42. The first-order valence-corrected chi connectivity index (χ1v) is 6.69. The van der Waals surface area contributed by atoms with Gasteiger partial charge in [0.05, 0.1) is 23.6 Å². The molecule has 0 amide bonds. The van der Waals surface area contributed by atoms with Gasteiger partial charge < -0.3 is 5.73 Å². The van der Waals surface area contributed by atoms with Crippen molar-refractivity contribution >= 4 is 28.6 Å². The molecular weight excluding hydrogens is 272 g/mol. The second kappa shape index (κ2) is 5.07. The number of halogens is 1. The summed E-state index contributed by atoms with van der Waals surface area (Å²) in [5.41, 5.74) is 6.00. The van der Waals surface area contributed by atoms with E-state index in [1.54, 1.807) is 11.3 Å². The number of nitrogen functional groups attached to an aromatic ring is 1. The fourth-order valence-corrected chi connectivity index (χ4v) is 2.38. The van der Waals surface area contributed by atoms with E-state index in [9.17, 15) is 4.79 Å². The van der Waals surface area contributed by atoms with Crippen LogP contribution in [0, 0.1) is 0 Å². The Kier molecular flexibility index (Phi) is 3.68. The van der Waals surface area contributed by atoms with Crippen LogP contribution in [0.3, 0.4) is 0 Å². The lowest BCUT2D eigenvalue weighted by atomic mass is 10.2. The topological polar surface area (TPSA) is 73.8 Å². The zero-order valence-corrected chi connectivity index (χ0v) is 11.6. The van der Waals surface area contributed by atoms with Gasteiger partial charge in [-0.25, -0.2) is 9.97 Å². The highest BCUT2D eigenvalue weighted by Gasteiger charge is 2.09. The second-order valence-corrected chi connectivity index (χ2v) is 5.46. The molecule has 2 aromatic rings. The van der Waals surface area contributed by atoms with Crippen molar-refractivity contribution in [3.63, 3.8) is 0 Å². The largest absolute Gasteiger partial charge is 0.392 e. The SMILES string of the molecule is CC(C)c1nc(Cn2cnc(Cl)c(N)c2=O)cs1. The summed E-state index contributed by atoms with van der Waals surface area (Å²) in [4.78, 5) is 20.1. The molecule has 0 aromatic carbocycles. The van der Waals surface area contributed by atoms with Gasteiger partial charge in [-0.05, 0) is 0 Å². The van der Waals surface area contributed by atoms with Crippen molar-refractivity contribution in [1.29, 1.82) is 0 Å². The molecule has 7 heteroatoms. The van der Waals surface area contributed by atoms with Crippen molar-refractivity contribution in [2.75, 3.05) is 5.73 Å². The minimum Gasteiger partial charge on any atom is -0.392 e. The maximum absolute atomic E-state index is 11.8. The maximum Gasteiger partial charge on any atom is 0.278 e. The molecule has 5 nitrogen and oxygen atoms in total. The first-order chi connectivity index (χ1) is 8.49. The Bertz CT molecular complexity index is 620. The number of rotatable bonds is 3. The van der Waals surface area contributed by atoms with Crippen molar-refractivity contribution in [2.45, 2.75) is 26.3 Å². The van der Waals surface area contributed by atoms with Gasteiger partial charge in [0.1, 0.15) is 5.69 Å². The molecule has 0 unspecified atom stereocenters. The summed E-state index contributed by atoms with van der Waals surface area (Å²) in [6.45, 7) is 4.52. The average Bonchev–Trinajstić information content (AvgIpc) is 2.79. The highest BCUT2D eigenvalue weighted by Crippen LogP contribution is 2.19. The van der Waals surface area contributed by atoms with Gasteiger partial charge in [0.2, 0.25) is 0 Å². The molecule has 2 aromatic heterocycles. The van der Waals surface area contributed by atoms with Crippen LogP contribution in [0.4, 0.5) is 5.69 Å².